The lowest BCUT2D eigenvalue weighted by atomic mass is 9.87. The van der Waals surface area contributed by atoms with Crippen LogP contribution in [0.25, 0.3) is 0 Å². The highest BCUT2D eigenvalue weighted by Crippen LogP contribution is 2.35. The second-order valence-electron chi connectivity index (χ2n) is 9.33. The van der Waals surface area contributed by atoms with Crippen LogP contribution < -0.4 is 10.1 Å². The van der Waals surface area contributed by atoms with Crippen LogP contribution >= 0.6 is 0 Å². The molecule has 2 fully saturated rings. The Morgan fingerprint density at radius 3 is 2.38 bits per heavy atom. The van der Waals surface area contributed by atoms with E-state index in [1.807, 2.05) is 54.6 Å². The molecule has 6 atom stereocenters. The third-order valence-corrected chi connectivity index (χ3v) is 5.78. The summed E-state index contributed by atoms with van der Waals surface area (Å²) in [6.07, 6.45) is -3.75. The van der Waals surface area contributed by atoms with E-state index in [1.54, 1.807) is 0 Å². The Hall–Kier alpha value is -2.45. The molecule has 0 aliphatic carbocycles. The first kappa shape index (κ1) is 22.7. The van der Waals surface area contributed by atoms with Crippen LogP contribution in [0.2, 0.25) is 0 Å². The number of nitrogens with one attached hydrogen (secondary N) is 1. The summed E-state index contributed by atoms with van der Waals surface area (Å²) in [4.78, 5) is 11.9. The summed E-state index contributed by atoms with van der Waals surface area (Å²) in [5.41, 5.74) is 2.05. The quantitative estimate of drug-likeness (QED) is 0.759. The lowest BCUT2D eigenvalue weighted by Gasteiger charge is -2.47. The van der Waals surface area contributed by atoms with E-state index in [0.717, 1.165) is 5.56 Å². The Balaban J connectivity index is 1.51. The van der Waals surface area contributed by atoms with Gasteiger partial charge in [-0.05, 0) is 23.1 Å². The van der Waals surface area contributed by atoms with E-state index in [-0.39, 0.29) is 17.9 Å². The van der Waals surface area contributed by atoms with Gasteiger partial charge in [0.05, 0.1) is 6.61 Å². The fourth-order valence-corrected chi connectivity index (χ4v) is 4.03. The van der Waals surface area contributed by atoms with Gasteiger partial charge in [0.2, 0.25) is 12.2 Å². The monoisotopic (exact) mass is 441 g/mol. The molecule has 7 nitrogen and oxygen atoms in total. The molecule has 2 aliphatic rings. The zero-order valence-corrected chi connectivity index (χ0v) is 18.9. The van der Waals surface area contributed by atoms with E-state index in [4.69, 9.17) is 18.9 Å². The molecule has 0 aromatic heterocycles. The predicted molar refractivity (Wildman–Crippen MR) is 118 cm³/mol. The first-order valence-corrected chi connectivity index (χ1v) is 10.9. The van der Waals surface area contributed by atoms with E-state index in [0.29, 0.717) is 5.75 Å². The molecule has 0 bridgehead atoms. The van der Waals surface area contributed by atoms with Crippen molar-refractivity contribution in [1.29, 1.82) is 0 Å². The third kappa shape index (κ3) is 4.96. The average molecular weight is 442 g/mol. The van der Waals surface area contributed by atoms with Gasteiger partial charge in [0.1, 0.15) is 30.1 Å². The highest BCUT2D eigenvalue weighted by Gasteiger charge is 2.50. The van der Waals surface area contributed by atoms with Crippen molar-refractivity contribution in [2.75, 3.05) is 6.61 Å². The normalized spacial score (nSPS) is 30.3. The lowest BCUT2D eigenvalue weighted by Crippen LogP contribution is -2.67. The predicted octanol–water partition coefficient (Wildman–Crippen LogP) is 3.07. The minimum Gasteiger partial charge on any atom is -0.463 e. The van der Waals surface area contributed by atoms with Crippen LogP contribution in [-0.4, -0.2) is 48.3 Å². The van der Waals surface area contributed by atoms with Crippen molar-refractivity contribution in [3.8, 4) is 5.75 Å². The zero-order valence-electron chi connectivity index (χ0n) is 18.9. The minimum atomic E-state index is -1.04. The Morgan fingerprint density at radius 1 is 1.06 bits per heavy atom. The molecule has 4 rings (SSSR count). The molecule has 2 aliphatic heterocycles. The van der Waals surface area contributed by atoms with Gasteiger partial charge in [-0.2, -0.15) is 0 Å². The second kappa shape index (κ2) is 9.19. The molecule has 2 saturated heterocycles. The van der Waals surface area contributed by atoms with Crippen molar-refractivity contribution < 1.29 is 28.8 Å². The fraction of sp³-hybridized carbons (Fsp3) is 0.480. The number of hydrogen-bond acceptors (Lipinski definition) is 6. The van der Waals surface area contributed by atoms with Crippen molar-refractivity contribution >= 4 is 5.91 Å². The van der Waals surface area contributed by atoms with Gasteiger partial charge in [0, 0.05) is 12.5 Å². The van der Waals surface area contributed by atoms with Gasteiger partial charge in [-0.15, -0.1) is 0 Å². The molecule has 32 heavy (non-hydrogen) atoms. The van der Waals surface area contributed by atoms with Crippen molar-refractivity contribution in [2.45, 2.75) is 70.0 Å². The van der Waals surface area contributed by atoms with Gasteiger partial charge in [0.15, 0.2) is 6.29 Å². The average Bonchev–Trinajstić information content (AvgIpc) is 2.76. The largest absolute Gasteiger partial charge is 0.463 e. The maximum absolute atomic E-state index is 11.9. The van der Waals surface area contributed by atoms with Gasteiger partial charge in [-0.3, -0.25) is 4.79 Å². The molecule has 2 heterocycles. The van der Waals surface area contributed by atoms with Crippen LogP contribution in [0.5, 0.6) is 5.75 Å². The Morgan fingerprint density at radius 2 is 1.75 bits per heavy atom. The highest BCUT2D eigenvalue weighted by atomic mass is 16.7. The van der Waals surface area contributed by atoms with Crippen molar-refractivity contribution in [3.05, 3.63) is 65.7 Å². The summed E-state index contributed by atoms with van der Waals surface area (Å²) >= 11 is 0. The molecule has 2 N–H and O–H groups in total. The second-order valence-corrected chi connectivity index (χ2v) is 9.33. The number of hydrogen-bond donors (Lipinski definition) is 2. The first-order valence-electron chi connectivity index (χ1n) is 10.9. The summed E-state index contributed by atoms with van der Waals surface area (Å²) < 4.78 is 24.1. The van der Waals surface area contributed by atoms with Crippen molar-refractivity contribution in [3.63, 3.8) is 0 Å². The molecule has 0 radical (unpaired) electrons. The standard InChI is InChI=1S/C25H31NO6/c1-15(27)26-20-21(28)22-19(14-29-23(32-22)16-8-6-5-7-9-16)31-24(20)30-18-12-10-17(11-13-18)25(2,3)4/h5-13,19-24,28H,14H2,1-4H3,(H,26,27)/t19-,20+,21-,22+,23+,24-/m1/s1. The molecule has 0 spiro atoms. The topological polar surface area (TPSA) is 86.3 Å². The number of benzene rings is 2. The fourth-order valence-electron chi connectivity index (χ4n) is 4.03. The number of rotatable bonds is 4. The molecule has 0 saturated carbocycles. The summed E-state index contributed by atoms with van der Waals surface area (Å²) in [6, 6.07) is 16.5. The van der Waals surface area contributed by atoms with Crippen LogP contribution in [0.3, 0.4) is 0 Å². The molecule has 0 unspecified atom stereocenters. The van der Waals surface area contributed by atoms with Gasteiger partial charge >= 0.3 is 0 Å². The van der Waals surface area contributed by atoms with E-state index in [9.17, 15) is 9.90 Å². The number of carbonyl (C=O) groups excluding carboxylic acids is 1. The lowest BCUT2D eigenvalue weighted by molar-refractivity contribution is -0.333. The minimum absolute atomic E-state index is 0.0219. The number of ether oxygens (including phenoxy) is 4. The number of fused-ring (bicyclic) bond motifs is 1. The molecule has 1 amide bonds. The molecule has 2 aromatic carbocycles. The number of amides is 1. The zero-order chi connectivity index (χ0) is 22.9. The molecular formula is C25H31NO6. The van der Waals surface area contributed by atoms with E-state index in [2.05, 4.69) is 26.1 Å². The van der Waals surface area contributed by atoms with Crippen LogP contribution in [0, 0.1) is 0 Å². The SMILES string of the molecule is CC(=O)N[C@@H]1[C@H](Oc2ccc(C(C)(C)C)cc2)O[C@@H]2CO[C@H](c3ccccc3)O[C@@H]2[C@@H]1O. The van der Waals surface area contributed by atoms with E-state index < -0.39 is 36.9 Å². The number of carbonyl (C=O) groups is 1. The van der Waals surface area contributed by atoms with Crippen LogP contribution in [0.15, 0.2) is 54.6 Å². The van der Waals surface area contributed by atoms with Crippen LogP contribution in [-0.2, 0) is 24.4 Å². The van der Waals surface area contributed by atoms with Crippen LogP contribution in [0.1, 0.15) is 45.1 Å². The summed E-state index contributed by atoms with van der Waals surface area (Å²) in [7, 11) is 0. The molecule has 7 heteroatoms. The van der Waals surface area contributed by atoms with Gasteiger partial charge in [-0.1, -0.05) is 63.2 Å². The van der Waals surface area contributed by atoms with Gasteiger partial charge < -0.3 is 29.4 Å². The molecule has 2 aromatic rings. The number of aliphatic hydroxyl groups is 1. The van der Waals surface area contributed by atoms with Gasteiger partial charge in [0.25, 0.3) is 0 Å². The highest BCUT2D eigenvalue weighted by molar-refractivity contribution is 5.73. The molecule has 172 valence electrons. The Labute approximate surface area is 188 Å². The maximum atomic E-state index is 11.9. The van der Waals surface area contributed by atoms with Gasteiger partial charge in [-0.25, -0.2) is 0 Å². The summed E-state index contributed by atoms with van der Waals surface area (Å²) in [6.45, 7) is 8.05. The summed E-state index contributed by atoms with van der Waals surface area (Å²) in [5.74, 6) is 0.295. The molecular weight excluding hydrogens is 410 g/mol. The maximum Gasteiger partial charge on any atom is 0.223 e. The van der Waals surface area contributed by atoms with Crippen molar-refractivity contribution in [2.24, 2.45) is 0 Å². The Kier molecular flexibility index (Phi) is 6.53. The first-order chi connectivity index (χ1) is 15.2. The number of aliphatic hydroxyl groups excluding tert-OH is 1. The van der Waals surface area contributed by atoms with E-state index in [1.165, 1.54) is 12.5 Å². The van der Waals surface area contributed by atoms with Crippen LogP contribution in [0.4, 0.5) is 0 Å². The van der Waals surface area contributed by atoms with E-state index >= 15 is 0 Å². The smallest absolute Gasteiger partial charge is 0.223 e. The Bertz CT molecular complexity index is 910. The van der Waals surface area contributed by atoms with Crippen molar-refractivity contribution in [1.82, 2.24) is 5.32 Å². The summed E-state index contributed by atoms with van der Waals surface area (Å²) in [5, 5.41) is 13.9. The third-order valence-electron chi connectivity index (χ3n) is 5.78.